The summed E-state index contributed by atoms with van der Waals surface area (Å²) in [5.74, 6) is 1.54. The van der Waals surface area contributed by atoms with Crippen LogP contribution in [-0.2, 0) is 9.47 Å². The summed E-state index contributed by atoms with van der Waals surface area (Å²) in [4.78, 5) is 8.27. The molecule has 0 aliphatic carbocycles. The van der Waals surface area contributed by atoms with E-state index < -0.39 is 0 Å². The van der Waals surface area contributed by atoms with Gasteiger partial charge >= 0.3 is 0 Å². The van der Waals surface area contributed by atoms with Crippen molar-refractivity contribution in [3.63, 3.8) is 0 Å². The van der Waals surface area contributed by atoms with Gasteiger partial charge in [-0.2, -0.15) is 0 Å². The van der Waals surface area contributed by atoms with Gasteiger partial charge in [-0.3, -0.25) is 9.98 Å². The van der Waals surface area contributed by atoms with E-state index in [4.69, 9.17) is 9.47 Å². The Balaban J connectivity index is 1.89. The largest absolute Gasteiger partial charge is 0.479 e. The standard InChI is InChI=1S/C7H10N2O2/c1-3-10-6(8-1)5-7-9-2-4-11-7/h1-5H2. The molecule has 0 saturated carbocycles. The third-order valence-corrected chi connectivity index (χ3v) is 1.60. The summed E-state index contributed by atoms with van der Waals surface area (Å²) in [5.41, 5.74) is 0. The van der Waals surface area contributed by atoms with Crippen LogP contribution in [0.15, 0.2) is 9.98 Å². The van der Waals surface area contributed by atoms with Gasteiger partial charge in [-0.15, -0.1) is 0 Å². The Morgan fingerprint density at radius 1 is 1.00 bits per heavy atom. The molecular weight excluding hydrogens is 144 g/mol. The van der Waals surface area contributed by atoms with Crippen LogP contribution >= 0.6 is 0 Å². The highest BCUT2D eigenvalue weighted by Crippen LogP contribution is 2.04. The molecule has 0 N–H and O–H groups in total. The Bertz CT molecular complexity index is 188. The van der Waals surface area contributed by atoms with Gasteiger partial charge in [0.15, 0.2) is 11.8 Å². The summed E-state index contributed by atoms with van der Waals surface area (Å²) in [6.07, 6.45) is 0.639. The monoisotopic (exact) mass is 154 g/mol. The van der Waals surface area contributed by atoms with E-state index >= 15 is 0 Å². The Morgan fingerprint density at radius 3 is 1.91 bits per heavy atom. The maximum absolute atomic E-state index is 5.20. The average Bonchev–Trinajstić information content (AvgIpc) is 2.60. The molecule has 0 saturated heterocycles. The van der Waals surface area contributed by atoms with Gasteiger partial charge in [-0.25, -0.2) is 0 Å². The summed E-state index contributed by atoms with van der Waals surface area (Å²) in [7, 11) is 0. The topological polar surface area (TPSA) is 43.2 Å². The highest BCUT2D eigenvalue weighted by molar-refractivity contribution is 5.97. The van der Waals surface area contributed by atoms with Crippen molar-refractivity contribution in [3.05, 3.63) is 0 Å². The van der Waals surface area contributed by atoms with Crippen molar-refractivity contribution in [1.82, 2.24) is 0 Å². The zero-order valence-electron chi connectivity index (χ0n) is 6.25. The van der Waals surface area contributed by atoms with Crippen molar-refractivity contribution >= 4 is 11.8 Å². The number of aliphatic imine (C=N–C) groups is 2. The second-order valence-electron chi connectivity index (χ2n) is 2.42. The minimum atomic E-state index is 0.639. The molecule has 0 radical (unpaired) electrons. The van der Waals surface area contributed by atoms with Crippen LogP contribution in [0.2, 0.25) is 0 Å². The number of hydrogen-bond donors (Lipinski definition) is 0. The van der Waals surface area contributed by atoms with E-state index in [9.17, 15) is 0 Å². The first-order chi connectivity index (χ1) is 5.45. The summed E-state index contributed by atoms with van der Waals surface area (Å²) in [6.45, 7) is 2.98. The van der Waals surface area contributed by atoms with Crippen LogP contribution < -0.4 is 0 Å². The van der Waals surface area contributed by atoms with E-state index in [1.54, 1.807) is 0 Å². The van der Waals surface area contributed by atoms with Crippen LogP contribution in [-0.4, -0.2) is 38.1 Å². The van der Waals surface area contributed by atoms with Crippen molar-refractivity contribution < 1.29 is 9.47 Å². The molecule has 2 aliphatic rings. The zero-order chi connectivity index (χ0) is 7.52. The van der Waals surface area contributed by atoms with Crippen molar-refractivity contribution in [3.8, 4) is 0 Å². The fourth-order valence-corrected chi connectivity index (χ4v) is 1.10. The first-order valence-corrected chi connectivity index (χ1v) is 3.77. The number of nitrogens with zero attached hydrogens (tertiary/aromatic N) is 2. The molecule has 4 heteroatoms. The molecule has 0 bridgehead atoms. The highest BCUT2D eigenvalue weighted by Gasteiger charge is 2.14. The Kier molecular flexibility index (Phi) is 1.75. The minimum Gasteiger partial charge on any atom is -0.479 e. The minimum absolute atomic E-state index is 0.639. The summed E-state index contributed by atoms with van der Waals surface area (Å²) in [6, 6.07) is 0. The molecule has 0 aromatic heterocycles. The lowest BCUT2D eigenvalue weighted by atomic mass is 10.4. The summed E-state index contributed by atoms with van der Waals surface area (Å²) < 4.78 is 10.4. The molecule has 0 aromatic rings. The molecule has 2 heterocycles. The van der Waals surface area contributed by atoms with Gasteiger partial charge in [0.2, 0.25) is 0 Å². The fraction of sp³-hybridized carbons (Fsp3) is 0.714. The van der Waals surface area contributed by atoms with E-state index in [-0.39, 0.29) is 0 Å². The maximum atomic E-state index is 5.20. The Labute approximate surface area is 64.9 Å². The summed E-state index contributed by atoms with van der Waals surface area (Å²) >= 11 is 0. The van der Waals surface area contributed by atoms with Gasteiger partial charge in [-0.1, -0.05) is 0 Å². The predicted octanol–water partition coefficient (Wildman–Crippen LogP) is 0.234. The van der Waals surface area contributed by atoms with Gasteiger partial charge in [0.05, 0.1) is 19.5 Å². The summed E-state index contributed by atoms with van der Waals surface area (Å²) in [5, 5.41) is 0. The van der Waals surface area contributed by atoms with Crippen LogP contribution in [0, 0.1) is 0 Å². The molecule has 0 amide bonds. The highest BCUT2D eigenvalue weighted by atomic mass is 16.5. The van der Waals surface area contributed by atoms with E-state index in [1.165, 1.54) is 0 Å². The second kappa shape index (κ2) is 2.90. The van der Waals surface area contributed by atoms with E-state index in [0.29, 0.717) is 19.6 Å². The van der Waals surface area contributed by atoms with E-state index in [1.807, 2.05) is 0 Å². The zero-order valence-corrected chi connectivity index (χ0v) is 6.25. The SMILES string of the molecule is C1COC(CC2=NCCO2)=N1. The van der Waals surface area contributed by atoms with Crippen molar-refractivity contribution in [2.24, 2.45) is 9.98 Å². The molecule has 60 valence electrons. The van der Waals surface area contributed by atoms with E-state index in [2.05, 4.69) is 9.98 Å². The quantitative estimate of drug-likeness (QED) is 0.571. The Morgan fingerprint density at radius 2 is 1.55 bits per heavy atom. The third-order valence-electron chi connectivity index (χ3n) is 1.60. The van der Waals surface area contributed by atoms with Gasteiger partial charge in [0.25, 0.3) is 0 Å². The van der Waals surface area contributed by atoms with Gasteiger partial charge in [0.1, 0.15) is 13.2 Å². The van der Waals surface area contributed by atoms with Gasteiger partial charge < -0.3 is 9.47 Å². The van der Waals surface area contributed by atoms with Gasteiger partial charge in [-0.05, 0) is 0 Å². The third kappa shape index (κ3) is 1.50. The molecule has 11 heavy (non-hydrogen) atoms. The van der Waals surface area contributed by atoms with Crippen molar-refractivity contribution in [2.45, 2.75) is 6.42 Å². The average molecular weight is 154 g/mol. The van der Waals surface area contributed by atoms with Crippen LogP contribution in [0.3, 0.4) is 0 Å². The fourth-order valence-electron chi connectivity index (χ4n) is 1.10. The van der Waals surface area contributed by atoms with Crippen LogP contribution in [0.4, 0.5) is 0 Å². The van der Waals surface area contributed by atoms with Gasteiger partial charge in [0, 0.05) is 0 Å². The molecule has 0 unspecified atom stereocenters. The first-order valence-electron chi connectivity index (χ1n) is 3.77. The number of rotatable bonds is 2. The van der Waals surface area contributed by atoms with Crippen LogP contribution in [0.5, 0.6) is 0 Å². The molecule has 4 nitrogen and oxygen atoms in total. The second-order valence-corrected chi connectivity index (χ2v) is 2.42. The number of ether oxygens (including phenoxy) is 2. The Hall–Kier alpha value is -1.06. The lowest BCUT2D eigenvalue weighted by Crippen LogP contribution is -2.08. The molecule has 0 fully saturated rings. The molecule has 2 rings (SSSR count). The smallest absolute Gasteiger partial charge is 0.192 e. The molecule has 2 aliphatic heterocycles. The van der Waals surface area contributed by atoms with Crippen molar-refractivity contribution in [1.29, 1.82) is 0 Å². The van der Waals surface area contributed by atoms with E-state index in [0.717, 1.165) is 24.9 Å². The normalized spacial score (nSPS) is 22.2. The predicted molar refractivity (Wildman–Crippen MR) is 41.1 cm³/mol. The van der Waals surface area contributed by atoms with Crippen molar-refractivity contribution in [2.75, 3.05) is 26.3 Å². The van der Waals surface area contributed by atoms with Crippen LogP contribution in [0.1, 0.15) is 6.42 Å². The first kappa shape index (κ1) is 6.64. The lowest BCUT2D eigenvalue weighted by Gasteiger charge is -2.00. The molecule has 0 atom stereocenters. The molecule has 0 aromatic carbocycles. The maximum Gasteiger partial charge on any atom is 0.192 e. The lowest BCUT2D eigenvalue weighted by molar-refractivity contribution is 0.324. The molecular formula is C7H10N2O2. The molecule has 0 spiro atoms. The van der Waals surface area contributed by atoms with Crippen LogP contribution in [0.25, 0.3) is 0 Å². The number of hydrogen-bond acceptors (Lipinski definition) is 4.